The first-order valence-electron chi connectivity index (χ1n) is 11.7. The minimum Gasteiger partial charge on any atom is -0.454 e. The number of pyridine rings is 1. The number of nitrogens with one attached hydrogen (secondary N) is 2. The van der Waals surface area contributed by atoms with Crippen LogP contribution in [-0.4, -0.2) is 48.2 Å². The molecule has 8 nitrogen and oxygen atoms in total. The fourth-order valence-corrected chi connectivity index (χ4v) is 4.46. The highest BCUT2D eigenvalue weighted by atomic mass is 16.7. The number of aromatic nitrogens is 1. The first-order valence-corrected chi connectivity index (χ1v) is 11.7. The van der Waals surface area contributed by atoms with Crippen molar-refractivity contribution in [2.75, 3.05) is 31.7 Å². The van der Waals surface area contributed by atoms with E-state index in [4.69, 9.17) is 9.47 Å². The van der Waals surface area contributed by atoms with Crippen molar-refractivity contribution in [3.8, 4) is 22.6 Å². The van der Waals surface area contributed by atoms with Crippen molar-refractivity contribution in [1.29, 1.82) is 0 Å². The highest BCUT2D eigenvalue weighted by Crippen LogP contribution is 2.36. The molecule has 0 atom stereocenters. The van der Waals surface area contributed by atoms with E-state index in [0.29, 0.717) is 24.6 Å². The molecule has 0 unspecified atom stereocenters. The van der Waals surface area contributed by atoms with Gasteiger partial charge in [-0.1, -0.05) is 19.1 Å². The van der Waals surface area contributed by atoms with E-state index in [1.54, 1.807) is 0 Å². The van der Waals surface area contributed by atoms with Crippen LogP contribution in [0.5, 0.6) is 11.5 Å². The van der Waals surface area contributed by atoms with Gasteiger partial charge in [0.1, 0.15) is 0 Å². The van der Waals surface area contributed by atoms with Crippen molar-refractivity contribution in [3.05, 3.63) is 48.7 Å². The largest absolute Gasteiger partial charge is 0.454 e. The van der Waals surface area contributed by atoms with Gasteiger partial charge in [-0.15, -0.1) is 0 Å². The minimum absolute atomic E-state index is 0.206. The van der Waals surface area contributed by atoms with E-state index >= 15 is 0 Å². The lowest BCUT2D eigenvalue weighted by atomic mass is 9.96. The van der Waals surface area contributed by atoms with Crippen molar-refractivity contribution < 1.29 is 19.1 Å². The number of nitrogens with zero attached hydrogens (tertiary/aromatic N) is 2. The highest BCUT2D eigenvalue weighted by molar-refractivity contribution is 5.93. The first-order chi connectivity index (χ1) is 16.6. The average molecular weight is 461 g/mol. The fourth-order valence-electron chi connectivity index (χ4n) is 4.46. The van der Waals surface area contributed by atoms with Gasteiger partial charge in [0, 0.05) is 48.9 Å². The molecular weight excluding hydrogens is 432 g/mol. The Morgan fingerprint density at radius 1 is 1.03 bits per heavy atom. The summed E-state index contributed by atoms with van der Waals surface area (Å²) in [5.74, 6) is 2.09. The first kappa shape index (κ1) is 22.0. The third-order valence-electron chi connectivity index (χ3n) is 6.47. The van der Waals surface area contributed by atoms with Crippen molar-refractivity contribution >= 4 is 28.5 Å². The molecule has 8 heteroatoms. The number of likely N-dealkylation sites (tertiary alicyclic amines) is 1. The quantitative estimate of drug-likeness (QED) is 0.589. The number of rotatable bonds is 5. The summed E-state index contributed by atoms with van der Waals surface area (Å²) in [4.78, 5) is 30.7. The van der Waals surface area contributed by atoms with Gasteiger partial charge in [0.05, 0.1) is 5.52 Å². The standard InChI is InChI=1S/C26H28N4O4/c1-2-25(31)30-9-7-17(8-10-30)14-28-26(32)29-21-5-3-19-11-20(15-27-22(19)13-21)18-4-6-23-24(12-18)34-16-33-23/h3-6,11-13,15,17H,2,7-10,14,16H2,1H3,(H2,28,29,32). The lowest BCUT2D eigenvalue weighted by molar-refractivity contribution is -0.132. The van der Waals surface area contributed by atoms with Crippen LogP contribution in [0.1, 0.15) is 26.2 Å². The molecule has 1 fully saturated rings. The number of hydrogen-bond donors (Lipinski definition) is 2. The summed E-state index contributed by atoms with van der Waals surface area (Å²) in [5.41, 5.74) is 3.48. The SMILES string of the molecule is CCC(=O)N1CCC(CNC(=O)Nc2ccc3cc(-c4ccc5c(c4)OCO5)cnc3c2)CC1. The molecular formula is C26H28N4O4. The summed E-state index contributed by atoms with van der Waals surface area (Å²) in [6.45, 7) is 4.28. The molecule has 1 saturated heterocycles. The van der Waals surface area contributed by atoms with Crippen LogP contribution in [0.3, 0.4) is 0 Å². The third kappa shape index (κ3) is 4.76. The van der Waals surface area contributed by atoms with Gasteiger partial charge in [0.15, 0.2) is 11.5 Å². The second-order valence-corrected chi connectivity index (χ2v) is 8.71. The summed E-state index contributed by atoms with van der Waals surface area (Å²) in [6, 6.07) is 13.4. The van der Waals surface area contributed by atoms with E-state index in [0.717, 1.165) is 59.5 Å². The van der Waals surface area contributed by atoms with Gasteiger partial charge < -0.3 is 25.0 Å². The molecule has 3 aromatic rings. The Bertz CT molecular complexity index is 1220. The Hall–Kier alpha value is -3.81. The molecule has 176 valence electrons. The van der Waals surface area contributed by atoms with Crippen LogP contribution in [0.15, 0.2) is 48.7 Å². The molecule has 0 saturated carbocycles. The lowest BCUT2D eigenvalue weighted by Gasteiger charge is -2.31. The maximum absolute atomic E-state index is 12.4. The van der Waals surface area contributed by atoms with E-state index in [-0.39, 0.29) is 18.7 Å². The third-order valence-corrected chi connectivity index (χ3v) is 6.47. The normalized spacial score (nSPS) is 15.4. The number of piperidine rings is 1. The van der Waals surface area contributed by atoms with Crippen molar-refractivity contribution in [2.24, 2.45) is 5.92 Å². The number of benzene rings is 2. The molecule has 34 heavy (non-hydrogen) atoms. The predicted octanol–water partition coefficient (Wildman–Crippen LogP) is 4.40. The Morgan fingerprint density at radius 3 is 2.68 bits per heavy atom. The molecule has 2 aliphatic rings. The van der Waals surface area contributed by atoms with Crippen molar-refractivity contribution in [1.82, 2.24) is 15.2 Å². The zero-order valence-electron chi connectivity index (χ0n) is 19.2. The number of carbonyl (C=O) groups excluding carboxylic acids is 2. The van der Waals surface area contributed by atoms with E-state index in [1.165, 1.54) is 0 Å². The average Bonchev–Trinajstić information content (AvgIpc) is 3.35. The molecule has 0 aliphatic carbocycles. The second kappa shape index (κ2) is 9.59. The number of hydrogen-bond acceptors (Lipinski definition) is 5. The summed E-state index contributed by atoms with van der Waals surface area (Å²) >= 11 is 0. The zero-order chi connectivity index (χ0) is 23.5. The molecule has 0 spiro atoms. The Labute approximate surface area is 198 Å². The fraction of sp³-hybridized carbons (Fsp3) is 0.346. The van der Waals surface area contributed by atoms with Crippen LogP contribution in [0.2, 0.25) is 0 Å². The van der Waals surface area contributed by atoms with Gasteiger partial charge in [-0.3, -0.25) is 9.78 Å². The van der Waals surface area contributed by atoms with Crippen LogP contribution in [0.25, 0.3) is 22.0 Å². The molecule has 2 aliphatic heterocycles. The van der Waals surface area contributed by atoms with Crippen LogP contribution in [0, 0.1) is 5.92 Å². The molecule has 5 rings (SSSR count). The van der Waals surface area contributed by atoms with Crippen molar-refractivity contribution in [3.63, 3.8) is 0 Å². The van der Waals surface area contributed by atoms with Crippen LogP contribution in [-0.2, 0) is 4.79 Å². The summed E-state index contributed by atoms with van der Waals surface area (Å²) in [6.07, 6.45) is 4.19. The van der Waals surface area contributed by atoms with Crippen LogP contribution < -0.4 is 20.1 Å². The van der Waals surface area contributed by atoms with E-state index < -0.39 is 0 Å². The molecule has 3 heterocycles. The topological polar surface area (TPSA) is 92.8 Å². The Balaban J connectivity index is 1.17. The van der Waals surface area contributed by atoms with Gasteiger partial charge in [0.2, 0.25) is 12.7 Å². The van der Waals surface area contributed by atoms with Crippen LogP contribution >= 0.6 is 0 Å². The van der Waals surface area contributed by atoms with Gasteiger partial charge in [-0.05, 0) is 54.7 Å². The van der Waals surface area contributed by atoms with E-state index in [9.17, 15) is 9.59 Å². The van der Waals surface area contributed by atoms with Gasteiger partial charge in [-0.2, -0.15) is 0 Å². The number of carbonyl (C=O) groups is 2. The number of ether oxygens (including phenoxy) is 2. The maximum Gasteiger partial charge on any atom is 0.319 e. The number of amides is 3. The summed E-state index contributed by atoms with van der Waals surface area (Å²) < 4.78 is 10.9. The molecule has 1 aromatic heterocycles. The van der Waals surface area contributed by atoms with Gasteiger partial charge in [-0.25, -0.2) is 4.79 Å². The maximum atomic E-state index is 12.4. The van der Waals surface area contributed by atoms with E-state index in [2.05, 4.69) is 21.7 Å². The number of anilines is 1. The minimum atomic E-state index is -0.233. The predicted molar refractivity (Wildman–Crippen MR) is 130 cm³/mol. The monoisotopic (exact) mass is 460 g/mol. The molecule has 2 aromatic carbocycles. The summed E-state index contributed by atoms with van der Waals surface area (Å²) in [5, 5.41) is 6.84. The highest BCUT2D eigenvalue weighted by Gasteiger charge is 2.22. The van der Waals surface area contributed by atoms with E-state index in [1.807, 2.05) is 54.4 Å². The van der Waals surface area contributed by atoms with Gasteiger partial charge >= 0.3 is 6.03 Å². The number of urea groups is 1. The molecule has 3 amide bonds. The smallest absolute Gasteiger partial charge is 0.319 e. The second-order valence-electron chi connectivity index (χ2n) is 8.71. The molecule has 0 radical (unpaired) electrons. The summed E-state index contributed by atoms with van der Waals surface area (Å²) in [7, 11) is 0. The Morgan fingerprint density at radius 2 is 1.85 bits per heavy atom. The van der Waals surface area contributed by atoms with Gasteiger partial charge in [0.25, 0.3) is 0 Å². The molecule has 0 bridgehead atoms. The van der Waals surface area contributed by atoms with Crippen LogP contribution in [0.4, 0.5) is 10.5 Å². The Kier molecular flexibility index (Phi) is 6.20. The zero-order valence-corrected chi connectivity index (χ0v) is 19.2. The van der Waals surface area contributed by atoms with Crippen molar-refractivity contribution in [2.45, 2.75) is 26.2 Å². The number of fused-ring (bicyclic) bond motifs is 2. The molecule has 2 N–H and O–H groups in total. The lowest BCUT2D eigenvalue weighted by Crippen LogP contribution is -2.42.